The summed E-state index contributed by atoms with van der Waals surface area (Å²) < 4.78 is 1.90. The van der Waals surface area contributed by atoms with Gasteiger partial charge in [0.2, 0.25) is 5.91 Å². The Hall–Kier alpha value is -1.89. The van der Waals surface area contributed by atoms with E-state index < -0.39 is 5.97 Å². The molecule has 2 rings (SSSR count). The Kier molecular flexibility index (Phi) is 4.51. The topological polar surface area (TPSA) is 83.7 Å². The van der Waals surface area contributed by atoms with Crippen molar-refractivity contribution in [1.29, 1.82) is 0 Å². The average Bonchev–Trinajstić information content (AvgIpc) is 2.93. The molecule has 7 heteroatoms. The minimum absolute atomic E-state index is 0.0521. The van der Waals surface area contributed by atoms with Gasteiger partial charge >= 0.3 is 5.97 Å². The van der Waals surface area contributed by atoms with Crippen LogP contribution < -0.4 is 5.32 Å². The number of unbranched alkanes of at least 4 members (excludes halogenated alkanes) is 1. The maximum atomic E-state index is 11.7. The predicted octanol–water partition coefficient (Wildman–Crippen LogP) is 1.31. The van der Waals surface area contributed by atoms with E-state index in [1.807, 2.05) is 16.0 Å². The second-order valence-corrected chi connectivity index (χ2v) is 5.02. The van der Waals surface area contributed by atoms with Crippen molar-refractivity contribution >= 4 is 28.2 Å². The zero-order chi connectivity index (χ0) is 13.7. The Morgan fingerprint density at radius 3 is 3.05 bits per heavy atom. The van der Waals surface area contributed by atoms with E-state index in [9.17, 15) is 9.59 Å². The third-order valence-electron chi connectivity index (χ3n) is 2.70. The lowest BCUT2D eigenvalue weighted by molar-refractivity contribution is -0.137. The van der Waals surface area contributed by atoms with Crippen LogP contribution in [0.3, 0.4) is 0 Å². The van der Waals surface area contributed by atoms with Crippen molar-refractivity contribution in [2.45, 2.75) is 25.7 Å². The first-order chi connectivity index (χ1) is 9.16. The molecule has 0 saturated heterocycles. The van der Waals surface area contributed by atoms with Gasteiger partial charge < -0.3 is 10.4 Å². The summed E-state index contributed by atoms with van der Waals surface area (Å²) in [5, 5.41) is 13.2. The largest absolute Gasteiger partial charge is 0.481 e. The van der Waals surface area contributed by atoms with Gasteiger partial charge in [0.25, 0.3) is 0 Å². The van der Waals surface area contributed by atoms with Gasteiger partial charge in [-0.3, -0.25) is 14.0 Å². The highest BCUT2D eigenvalue weighted by Crippen LogP contribution is 2.14. The maximum absolute atomic E-state index is 11.7. The van der Waals surface area contributed by atoms with Crippen LogP contribution in [0.15, 0.2) is 17.8 Å². The average molecular weight is 281 g/mol. The van der Waals surface area contributed by atoms with E-state index in [4.69, 9.17) is 5.11 Å². The van der Waals surface area contributed by atoms with Gasteiger partial charge in [-0.15, -0.1) is 11.3 Å². The van der Waals surface area contributed by atoms with Crippen LogP contribution in [0.2, 0.25) is 0 Å². The number of rotatable bonds is 7. The lowest BCUT2D eigenvalue weighted by atomic mass is 10.2. The zero-order valence-electron chi connectivity index (χ0n) is 10.3. The van der Waals surface area contributed by atoms with Gasteiger partial charge in [0.1, 0.15) is 0 Å². The van der Waals surface area contributed by atoms with Gasteiger partial charge in [0, 0.05) is 36.4 Å². The molecule has 102 valence electrons. The summed E-state index contributed by atoms with van der Waals surface area (Å²) in [6, 6.07) is 0. The number of nitrogens with one attached hydrogen (secondary N) is 1. The highest BCUT2D eigenvalue weighted by atomic mass is 32.1. The summed E-state index contributed by atoms with van der Waals surface area (Å²) in [6.45, 7) is 0.517. The van der Waals surface area contributed by atoms with E-state index in [0.29, 0.717) is 25.8 Å². The van der Waals surface area contributed by atoms with Crippen molar-refractivity contribution in [2.75, 3.05) is 6.54 Å². The standard InChI is InChI=1S/C12H15N3O3S/c16-10(13-4-2-1-3-11(17)18)7-9-8-19-12-14-5-6-15(9)12/h5-6,8H,1-4,7H2,(H,13,16)(H,17,18). The van der Waals surface area contributed by atoms with Gasteiger partial charge in [0.05, 0.1) is 6.42 Å². The molecule has 0 saturated carbocycles. The summed E-state index contributed by atoms with van der Waals surface area (Å²) in [4.78, 5) is 27.1. The Morgan fingerprint density at radius 2 is 2.26 bits per heavy atom. The predicted molar refractivity (Wildman–Crippen MR) is 71.3 cm³/mol. The van der Waals surface area contributed by atoms with Crippen molar-refractivity contribution in [3.63, 3.8) is 0 Å². The third-order valence-corrected chi connectivity index (χ3v) is 3.60. The van der Waals surface area contributed by atoms with Gasteiger partial charge in [-0.05, 0) is 12.8 Å². The normalized spacial score (nSPS) is 10.7. The van der Waals surface area contributed by atoms with Crippen molar-refractivity contribution < 1.29 is 14.7 Å². The molecule has 1 amide bonds. The first-order valence-corrected chi connectivity index (χ1v) is 6.92. The molecule has 0 atom stereocenters. The van der Waals surface area contributed by atoms with E-state index >= 15 is 0 Å². The highest BCUT2D eigenvalue weighted by molar-refractivity contribution is 7.15. The van der Waals surface area contributed by atoms with Crippen LogP contribution >= 0.6 is 11.3 Å². The molecule has 6 nitrogen and oxygen atoms in total. The molecule has 19 heavy (non-hydrogen) atoms. The van der Waals surface area contributed by atoms with Crippen LogP contribution in [0.25, 0.3) is 4.96 Å². The first-order valence-electron chi connectivity index (χ1n) is 6.05. The Morgan fingerprint density at radius 1 is 1.42 bits per heavy atom. The van der Waals surface area contributed by atoms with E-state index in [0.717, 1.165) is 10.7 Å². The number of nitrogens with zero attached hydrogens (tertiary/aromatic N) is 2. The molecule has 0 fully saturated rings. The van der Waals surface area contributed by atoms with Gasteiger partial charge in [-0.2, -0.15) is 0 Å². The number of amides is 1. The molecule has 2 N–H and O–H groups in total. The molecule has 0 aliphatic rings. The Balaban J connectivity index is 1.73. The number of aromatic nitrogens is 2. The number of aliphatic carboxylic acids is 1. The van der Waals surface area contributed by atoms with Crippen molar-refractivity contribution in [3.05, 3.63) is 23.5 Å². The fourth-order valence-electron chi connectivity index (χ4n) is 1.76. The van der Waals surface area contributed by atoms with Gasteiger partial charge in [0.15, 0.2) is 4.96 Å². The molecule has 0 spiro atoms. The van der Waals surface area contributed by atoms with E-state index in [-0.39, 0.29) is 12.3 Å². The molecule has 0 aromatic carbocycles. The van der Waals surface area contributed by atoms with Crippen molar-refractivity contribution in [2.24, 2.45) is 0 Å². The maximum Gasteiger partial charge on any atom is 0.303 e. The summed E-state index contributed by atoms with van der Waals surface area (Å²) in [7, 11) is 0. The van der Waals surface area contributed by atoms with Crippen molar-refractivity contribution in [3.8, 4) is 0 Å². The lowest BCUT2D eigenvalue weighted by Gasteiger charge is -2.04. The number of carbonyl (C=O) groups excluding carboxylic acids is 1. The molecule has 2 aromatic heterocycles. The fraction of sp³-hybridized carbons (Fsp3) is 0.417. The monoisotopic (exact) mass is 281 g/mol. The van der Waals surface area contributed by atoms with E-state index in [1.165, 1.54) is 11.3 Å². The van der Waals surface area contributed by atoms with E-state index in [1.54, 1.807) is 6.20 Å². The first kappa shape index (κ1) is 13.5. The molecule has 0 bridgehead atoms. The number of fused-ring (bicyclic) bond motifs is 1. The number of hydrogen-bond donors (Lipinski definition) is 2. The molecule has 0 aliphatic heterocycles. The second-order valence-electron chi connectivity index (χ2n) is 4.18. The molecule has 2 aromatic rings. The van der Waals surface area contributed by atoms with Crippen LogP contribution in [0.5, 0.6) is 0 Å². The SMILES string of the molecule is O=C(O)CCCCNC(=O)Cc1csc2nccn12. The van der Waals surface area contributed by atoms with Crippen molar-refractivity contribution in [1.82, 2.24) is 14.7 Å². The number of hydrogen-bond acceptors (Lipinski definition) is 4. The Labute approximate surface area is 114 Å². The molecule has 0 aliphatic carbocycles. The summed E-state index contributed by atoms with van der Waals surface area (Å²) >= 11 is 1.50. The number of carbonyl (C=O) groups is 2. The van der Waals surface area contributed by atoms with Crippen LogP contribution in [0.4, 0.5) is 0 Å². The van der Waals surface area contributed by atoms with Gasteiger partial charge in [-0.25, -0.2) is 4.98 Å². The quantitative estimate of drug-likeness (QED) is 0.749. The van der Waals surface area contributed by atoms with Gasteiger partial charge in [-0.1, -0.05) is 0 Å². The Bertz CT molecular complexity index is 576. The molecule has 0 radical (unpaired) electrons. The van der Waals surface area contributed by atoms with E-state index in [2.05, 4.69) is 10.3 Å². The number of carboxylic acid groups (broad SMARTS) is 1. The van der Waals surface area contributed by atoms with Crippen LogP contribution in [0.1, 0.15) is 25.0 Å². The molecular weight excluding hydrogens is 266 g/mol. The highest BCUT2D eigenvalue weighted by Gasteiger charge is 2.08. The van der Waals surface area contributed by atoms with Crippen LogP contribution in [0, 0.1) is 0 Å². The number of imidazole rings is 1. The zero-order valence-corrected chi connectivity index (χ0v) is 11.2. The fourth-order valence-corrected chi connectivity index (χ4v) is 2.61. The van der Waals surface area contributed by atoms with Crippen LogP contribution in [-0.4, -0.2) is 32.9 Å². The minimum atomic E-state index is -0.799. The van der Waals surface area contributed by atoms with Crippen LogP contribution in [-0.2, 0) is 16.0 Å². The minimum Gasteiger partial charge on any atom is -0.481 e. The number of thiazole rings is 1. The molecule has 0 unspecified atom stereocenters. The smallest absolute Gasteiger partial charge is 0.303 e. The second kappa shape index (κ2) is 6.33. The summed E-state index contributed by atoms with van der Waals surface area (Å²) in [5.74, 6) is -0.851. The molecular formula is C12H15N3O3S. The lowest BCUT2D eigenvalue weighted by Crippen LogP contribution is -2.26. The summed E-state index contributed by atoms with van der Waals surface area (Å²) in [5.41, 5.74) is 0.917. The molecule has 2 heterocycles. The summed E-state index contributed by atoms with van der Waals surface area (Å²) in [6.07, 6.45) is 5.27. The third kappa shape index (κ3) is 3.78. The number of carboxylic acids is 1.